The second kappa shape index (κ2) is 4.01. The van der Waals surface area contributed by atoms with Crippen LogP contribution < -0.4 is 0 Å². The van der Waals surface area contributed by atoms with E-state index in [1.54, 1.807) is 0 Å². The largest absolute Gasteiger partial charge is 0.493 e. The summed E-state index contributed by atoms with van der Waals surface area (Å²) in [5.74, 6) is -1.47. The SMILES string of the molecule is O=[N+]([O-])c1nnc2cc3nnc([N+](=O)[O-])nc3nc2n1. The maximum Gasteiger partial charge on any atom is 0.493 e. The zero-order valence-corrected chi connectivity index (χ0v) is 9.24. The van der Waals surface area contributed by atoms with Crippen molar-refractivity contribution in [3.63, 3.8) is 0 Å². The molecule has 0 saturated heterocycles. The van der Waals surface area contributed by atoms with Crippen LogP contribution in [-0.4, -0.2) is 45.2 Å². The summed E-state index contributed by atoms with van der Waals surface area (Å²) in [6.45, 7) is 0. The first-order valence-electron chi connectivity index (χ1n) is 4.89. The molecule has 13 nitrogen and oxygen atoms in total. The molecule has 0 unspecified atom stereocenters. The summed E-state index contributed by atoms with van der Waals surface area (Å²) < 4.78 is 0. The minimum atomic E-state index is -0.834. The Balaban J connectivity index is 2.29. The van der Waals surface area contributed by atoms with Crippen molar-refractivity contribution in [2.45, 2.75) is 0 Å². The number of pyridine rings is 1. The molecule has 0 amide bonds. The Bertz CT molecular complexity index is 812. The van der Waals surface area contributed by atoms with Crippen molar-refractivity contribution in [3.05, 3.63) is 26.3 Å². The number of hydrogen-bond donors (Lipinski definition) is 0. The molecular formula is C7HN9O4. The minimum absolute atomic E-state index is 0.117. The van der Waals surface area contributed by atoms with E-state index in [1.165, 1.54) is 6.07 Å². The molecule has 0 aliphatic carbocycles. The Morgan fingerprint density at radius 2 is 1.20 bits per heavy atom. The smallest absolute Gasteiger partial charge is 0.390 e. The molecular weight excluding hydrogens is 274 g/mol. The predicted octanol–water partition coefficient (Wildman–Crippen LogP) is -0.426. The molecule has 0 fully saturated rings. The van der Waals surface area contributed by atoms with Crippen LogP contribution in [0.3, 0.4) is 0 Å². The molecule has 0 N–H and O–H groups in total. The summed E-state index contributed by atoms with van der Waals surface area (Å²) in [4.78, 5) is 30.3. The van der Waals surface area contributed by atoms with Gasteiger partial charge in [0.2, 0.25) is 0 Å². The van der Waals surface area contributed by atoms with Gasteiger partial charge < -0.3 is 20.2 Å². The summed E-state index contributed by atoms with van der Waals surface area (Å²) in [6, 6.07) is 1.32. The van der Waals surface area contributed by atoms with Crippen LogP contribution in [0.2, 0.25) is 0 Å². The molecule has 3 rings (SSSR count). The van der Waals surface area contributed by atoms with Gasteiger partial charge in [-0.1, -0.05) is 10.2 Å². The maximum atomic E-state index is 10.5. The van der Waals surface area contributed by atoms with Crippen molar-refractivity contribution in [1.29, 1.82) is 0 Å². The van der Waals surface area contributed by atoms with Gasteiger partial charge in [-0.2, -0.15) is 4.98 Å². The molecule has 0 saturated carbocycles. The van der Waals surface area contributed by atoms with E-state index < -0.39 is 21.7 Å². The van der Waals surface area contributed by atoms with Gasteiger partial charge in [0.05, 0.1) is 10.2 Å². The van der Waals surface area contributed by atoms with E-state index in [0.29, 0.717) is 0 Å². The number of nitrogens with zero attached hydrogens (tertiary/aromatic N) is 9. The molecule has 0 aliphatic rings. The van der Waals surface area contributed by atoms with Gasteiger partial charge in [-0.05, 0) is 19.8 Å². The monoisotopic (exact) mass is 275 g/mol. The number of rotatable bonds is 2. The quantitative estimate of drug-likeness (QED) is 0.336. The second-order valence-corrected chi connectivity index (χ2v) is 3.41. The van der Waals surface area contributed by atoms with E-state index >= 15 is 0 Å². The Morgan fingerprint density at radius 3 is 1.60 bits per heavy atom. The fourth-order valence-electron chi connectivity index (χ4n) is 1.37. The van der Waals surface area contributed by atoms with Gasteiger partial charge in [0, 0.05) is 6.07 Å². The molecule has 98 valence electrons. The molecule has 0 radical (unpaired) electrons. The molecule has 0 bridgehead atoms. The molecule has 20 heavy (non-hydrogen) atoms. The van der Waals surface area contributed by atoms with Crippen molar-refractivity contribution in [2.24, 2.45) is 0 Å². The van der Waals surface area contributed by atoms with Crippen LogP contribution >= 0.6 is 0 Å². The van der Waals surface area contributed by atoms with E-state index in [0.717, 1.165) is 0 Å². The van der Waals surface area contributed by atoms with Crippen LogP contribution in [0, 0.1) is 20.2 Å². The summed E-state index contributed by atoms with van der Waals surface area (Å²) in [7, 11) is 0. The fourth-order valence-corrected chi connectivity index (χ4v) is 1.37. The standard InChI is InChI=1S/C7HN9O4/c17-15(18)6-9-4-2(11-13-6)1-3-5(8-4)10-7(14-12-3)16(19)20/h1H. The highest BCUT2D eigenvalue weighted by Crippen LogP contribution is 2.15. The number of aromatic nitrogens is 7. The van der Waals surface area contributed by atoms with Crippen LogP contribution in [0.25, 0.3) is 22.3 Å². The minimum Gasteiger partial charge on any atom is -0.390 e. The summed E-state index contributed by atoms with van der Waals surface area (Å²) >= 11 is 0. The van der Waals surface area contributed by atoms with Crippen molar-refractivity contribution in [2.75, 3.05) is 0 Å². The van der Waals surface area contributed by atoms with E-state index in [-0.39, 0.29) is 22.3 Å². The average Bonchev–Trinajstić information content (AvgIpc) is 2.43. The Hall–Kier alpha value is -3.51. The van der Waals surface area contributed by atoms with Gasteiger partial charge in [0.25, 0.3) is 11.3 Å². The third-order valence-electron chi connectivity index (χ3n) is 2.18. The van der Waals surface area contributed by atoms with Gasteiger partial charge in [0.1, 0.15) is 0 Å². The lowest BCUT2D eigenvalue weighted by molar-refractivity contribution is -0.394. The van der Waals surface area contributed by atoms with E-state index in [1.807, 2.05) is 0 Å². The van der Waals surface area contributed by atoms with E-state index in [9.17, 15) is 20.2 Å². The molecule has 0 atom stereocenters. The van der Waals surface area contributed by atoms with Gasteiger partial charge in [-0.25, -0.2) is 0 Å². The zero-order chi connectivity index (χ0) is 14.3. The third kappa shape index (κ3) is 1.78. The topological polar surface area (TPSA) is 177 Å². The highest BCUT2D eigenvalue weighted by molar-refractivity contribution is 5.84. The normalized spacial score (nSPS) is 10.8. The number of hydrogen-bond acceptors (Lipinski definition) is 11. The first-order valence-corrected chi connectivity index (χ1v) is 4.89. The lowest BCUT2D eigenvalue weighted by atomic mass is 10.4. The highest BCUT2D eigenvalue weighted by atomic mass is 16.6. The van der Waals surface area contributed by atoms with Gasteiger partial charge in [0.15, 0.2) is 11.0 Å². The van der Waals surface area contributed by atoms with Gasteiger partial charge in [-0.15, -0.1) is 0 Å². The van der Waals surface area contributed by atoms with Crippen molar-refractivity contribution >= 4 is 34.2 Å². The van der Waals surface area contributed by atoms with Crippen LogP contribution in [0.4, 0.5) is 11.9 Å². The first kappa shape index (κ1) is 11.6. The second-order valence-electron chi connectivity index (χ2n) is 3.41. The van der Waals surface area contributed by atoms with Crippen molar-refractivity contribution in [3.8, 4) is 0 Å². The van der Waals surface area contributed by atoms with E-state index in [4.69, 9.17) is 0 Å². The average molecular weight is 275 g/mol. The summed E-state index contributed by atoms with van der Waals surface area (Å²) in [5.41, 5.74) is 0.0316. The zero-order valence-electron chi connectivity index (χ0n) is 9.24. The Morgan fingerprint density at radius 1 is 0.750 bits per heavy atom. The van der Waals surface area contributed by atoms with E-state index in [2.05, 4.69) is 35.3 Å². The summed E-state index contributed by atoms with van der Waals surface area (Å²) in [6.07, 6.45) is 0. The van der Waals surface area contributed by atoms with Crippen molar-refractivity contribution < 1.29 is 9.85 Å². The van der Waals surface area contributed by atoms with Crippen LogP contribution in [-0.2, 0) is 0 Å². The Labute approximate surface area is 107 Å². The van der Waals surface area contributed by atoms with Crippen LogP contribution in [0.1, 0.15) is 0 Å². The third-order valence-corrected chi connectivity index (χ3v) is 2.18. The molecule has 3 aromatic heterocycles. The molecule has 3 heterocycles. The summed E-state index contributed by atoms with van der Waals surface area (Å²) in [5, 5.41) is 34.8. The lowest BCUT2D eigenvalue weighted by Gasteiger charge is -1.94. The molecule has 0 aromatic carbocycles. The molecule has 3 aromatic rings. The van der Waals surface area contributed by atoms with Crippen LogP contribution in [0.15, 0.2) is 6.07 Å². The number of fused-ring (bicyclic) bond motifs is 2. The van der Waals surface area contributed by atoms with Gasteiger partial charge >= 0.3 is 11.9 Å². The Kier molecular flexibility index (Phi) is 2.32. The first-order chi connectivity index (χ1) is 9.54. The lowest BCUT2D eigenvalue weighted by Crippen LogP contribution is -2.03. The molecule has 13 heteroatoms. The van der Waals surface area contributed by atoms with Crippen molar-refractivity contribution in [1.82, 2.24) is 35.3 Å². The van der Waals surface area contributed by atoms with Crippen LogP contribution in [0.5, 0.6) is 0 Å². The predicted molar refractivity (Wildman–Crippen MR) is 59.3 cm³/mol. The molecule has 0 spiro atoms. The molecule has 0 aliphatic heterocycles. The maximum absolute atomic E-state index is 10.5. The van der Waals surface area contributed by atoms with Gasteiger partial charge in [-0.3, -0.25) is 0 Å². The highest BCUT2D eigenvalue weighted by Gasteiger charge is 2.19. The number of nitro groups is 2. The fraction of sp³-hybridized carbons (Fsp3) is 0.